The van der Waals surface area contributed by atoms with E-state index in [1.807, 2.05) is 6.92 Å². The van der Waals surface area contributed by atoms with Crippen LogP contribution in [-0.4, -0.2) is 24.4 Å². The van der Waals surface area contributed by atoms with Gasteiger partial charge in [0, 0.05) is 11.1 Å². The number of hydrogen-bond donors (Lipinski definition) is 2. The number of ether oxygens (including phenoxy) is 2. The normalized spacial score (nSPS) is 15.4. The minimum absolute atomic E-state index is 0.0539. The van der Waals surface area contributed by atoms with E-state index in [0.717, 1.165) is 41.6 Å². The summed E-state index contributed by atoms with van der Waals surface area (Å²) >= 11 is 0. The Hall–Kier alpha value is -2.10. The van der Waals surface area contributed by atoms with Gasteiger partial charge in [0.05, 0.1) is 14.2 Å². The van der Waals surface area contributed by atoms with E-state index in [9.17, 15) is 10.2 Å². The molecule has 0 aliphatic carbocycles. The summed E-state index contributed by atoms with van der Waals surface area (Å²) in [6, 6.07) is 0. The van der Waals surface area contributed by atoms with Crippen molar-refractivity contribution < 1.29 is 19.7 Å². The summed E-state index contributed by atoms with van der Waals surface area (Å²) in [4.78, 5) is 0. The maximum atomic E-state index is 10.8. The van der Waals surface area contributed by atoms with Gasteiger partial charge in [-0.2, -0.15) is 0 Å². The predicted molar refractivity (Wildman–Crippen MR) is 232 cm³/mol. The summed E-state index contributed by atoms with van der Waals surface area (Å²) in [5, 5.41) is 21.3. The zero-order valence-corrected chi connectivity index (χ0v) is 37.2. The molecule has 1 rings (SSSR count). The van der Waals surface area contributed by atoms with Gasteiger partial charge in [-0.15, -0.1) is 0 Å². The second-order valence-corrected chi connectivity index (χ2v) is 18.2. The van der Waals surface area contributed by atoms with Crippen LogP contribution in [0, 0.1) is 42.4 Å². The molecule has 0 saturated heterocycles. The Morgan fingerprint density at radius 2 is 0.868 bits per heavy atom. The van der Waals surface area contributed by atoms with Gasteiger partial charge >= 0.3 is 0 Å². The largest absolute Gasteiger partial charge is 0.504 e. The van der Waals surface area contributed by atoms with E-state index in [1.165, 1.54) is 136 Å². The number of methoxy groups -OCH3 is 2. The lowest BCUT2D eigenvalue weighted by molar-refractivity contribution is 0.313. The Morgan fingerprint density at radius 3 is 1.28 bits per heavy atom. The van der Waals surface area contributed by atoms with Crippen molar-refractivity contribution in [3.8, 4) is 23.0 Å². The number of phenols is 2. The molecule has 0 fully saturated rings. The van der Waals surface area contributed by atoms with Gasteiger partial charge in [-0.3, -0.25) is 0 Å². The van der Waals surface area contributed by atoms with Crippen molar-refractivity contribution >= 4 is 0 Å². The average Bonchev–Trinajstić information content (AvgIpc) is 3.09. The molecule has 0 radical (unpaired) electrons. The van der Waals surface area contributed by atoms with Crippen LogP contribution in [0.15, 0.2) is 23.3 Å². The summed E-state index contributed by atoms with van der Waals surface area (Å²) in [6.45, 7) is 23.3. The van der Waals surface area contributed by atoms with Crippen molar-refractivity contribution in [2.24, 2.45) is 35.5 Å². The predicted octanol–water partition coefficient (Wildman–Crippen LogP) is 15.5. The Morgan fingerprint density at radius 1 is 0.509 bits per heavy atom. The van der Waals surface area contributed by atoms with E-state index in [2.05, 4.69) is 74.5 Å². The summed E-state index contributed by atoms with van der Waals surface area (Å²) in [5.41, 5.74) is 4.63. The fourth-order valence-electron chi connectivity index (χ4n) is 8.04. The van der Waals surface area contributed by atoms with Crippen molar-refractivity contribution in [2.75, 3.05) is 14.2 Å². The van der Waals surface area contributed by atoms with Gasteiger partial charge in [0.25, 0.3) is 0 Å². The molecule has 1 aromatic carbocycles. The highest BCUT2D eigenvalue weighted by Gasteiger charge is 2.23. The average molecular weight is 741 g/mol. The lowest BCUT2D eigenvalue weighted by atomic mass is 9.90. The van der Waals surface area contributed by atoms with Crippen molar-refractivity contribution in [2.45, 2.75) is 204 Å². The van der Waals surface area contributed by atoms with Crippen LogP contribution in [0.2, 0.25) is 0 Å². The first-order chi connectivity index (χ1) is 25.2. The Kier molecular flexibility index (Phi) is 26.1. The quantitative estimate of drug-likeness (QED) is 0.0588. The van der Waals surface area contributed by atoms with Crippen molar-refractivity contribution in [3.63, 3.8) is 0 Å². The molecule has 0 bridgehead atoms. The van der Waals surface area contributed by atoms with Crippen LogP contribution in [0.3, 0.4) is 0 Å². The molecule has 1 aromatic rings. The molecule has 4 heteroatoms. The SMILES string of the molecule is COc1c(O)c(C)c(CC[C@H](C)CCCC(C)CCC[C@H](C)CC/C=C(\C)CCCC(C)CCCC(C)CC/C=C(\C)CCCC(C)C)c(O)c1OC. The van der Waals surface area contributed by atoms with Gasteiger partial charge in [0.1, 0.15) is 0 Å². The third-order valence-electron chi connectivity index (χ3n) is 12.1. The van der Waals surface area contributed by atoms with Crippen LogP contribution in [0.25, 0.3) is 0 Å². The van der Waals surface area contributed by atoms with Crippen molar-refractivity contribution in [1.82, 2.24) is 0 Å². The molecular formula is C49H88O4. The molecular weight excluding hydrogens is 653 g/mol. The molecule has 308 valence electrons. The number of phenolic OH excluding ortho intramolecular Hbond substituents is 2. The monoisotopic (exact) mass is 741 g/mol. The Labute approximate surface area is 330 Å². The minimum Gasteiger partial charge on any atom is -0.504 e. The molecule has 3 unspecified atom stereocenters. The van der Waals surface area contributed by atoms with E-state index in [4.69, 9.17) is 9.47 Å². The maximum absolute atomic E-state index is 10.8. The molecule has 0 aliphatic heterocycles. The number of benzene rings is 1. The first-order valence-electron chi connectivity index (χ1n) is 22.2. The zero-order valence-electron chi connectivity index (χ0n) is 37.2. The highest BCUT2D eigenvalue weighted by atomic mass is 16.5. The van der Waals surface area contributed by atoms with E-state index in [0.29, 0.717) is 17.9 Å². The molecule has 0 spiro atoms. The molecule has 5 atom stereocenters. The van der Waals surface area contributed by atoms with Gasteiger partial charge in [-0.05, 0) is 120 Å². The highest BCUT2D eigenvalue weighted by molar-refractivity contribution is 5.65. The van der Waals surface area contributed by atoms with Gasteiger partial charge < -0.3 is 19.7 Å². The standard InChI is InChI=1S/C49H88O4/c1-36(2)20-13-21-37(3)22-14-23-38(4)24-15-25-39(5)26-16-27-40(6)28-17-29-41(7)30-18-31-42(8)32-19-33-43(9)34-35-45-44(10)46(50)48(52-11)49(53-12)47(45)51/h22,28,36,38-39,41-43,50-51H,13-21,23-27,29-35H2,1-12H3/b37-22+,40-28+/t38?,39?,41-,42?,43-/m1/s1. The highest BCUT2D eigenvalue weighted by Crippen LogP contribution is 2.48. The Bertz CT molecular complexity index is 1160. The summed E-state index contributed by atoms with van der Waals surface area (Å²) in [5.74, 6) is 5.24. The van der Waals surface area contributed by atoms with Gasteiger partial charge in [0.15, 0.2) is 11.5 Å². The molecule has 4 nitrogen and oxygen atoms in total. The summed E-state index contributed by atoms with van der Waals surface area (Å²) in [7, 11) is 2.96. The van der Waals surface area contributed by atoms with Gasteiger partial charge in [-0.1, -0.05) is 142 Å². The maximum Gasteiger partial charge on any atom is 0.207 e. The van der Waals surface area contributed by atoms with E-state index in [1.54, 1.807) is 11.1 Å². The second kappa shape index (κ2) is 28.3. The fraction of sp³-hybridized carbons (Fsp3) is 0.796. The molecule has 0 aromatic heterocycles. The van der Waals surface area contributed by atoms with E-state index < -0.39 is 0 Å². The topological polar surface area (TPSA) is 58.9 Å². The molecule has 53 heavy (non-hydrogen) atoms. The van der Waals surface area contributed by atoms with Crippen LogP contribution in [-0.2, 0) is 6.42 Å². The van der Waals surface area contributed by atoms with Gasteiger partial charge in [0.2, 0.25) is 11.5 Å². The minimum atomic E-state index is 0.0539. The van der Waals surface area contributed by atoms with Crippen molar-refractivity contribution in [3.05, 3.63) is 34.4 Å². The van der Waals surface area contributed by atoms with Crippen LogP contribution in [0.1, 0.15) is 202 Å². The number of hydrogen-bond acceptors (Lipinski definition) is 4. The summed E-state index contributed by atoms with van der Waals surface area (Å²) < 4.78 is 10.6. The van der Waals surface area contributed by atoms with Crippen LogP contribution in [0.4, 0.5) is 0 Å². The van der Waals surface area contributed by atoms with E-state index in [-0.39, 0.29) is 23.0 Å². The van der Waals surface area contributed by atoms with Crippen LogP contribution >= 0.6 is 0 Å². The zero-order chi connectivity index (χ0) is 39.8. The lowest BCUT2D eigenvalue weighted by Crippen LogP contribution is -2.03. The number of allylic oxidation sites excluding steroid dienone is 4. The number of rotatable bonds is 31. The molecule has 2 N–H and O–H groups in total. The molecule has 0 saturated carbocycles. The second-order valence-electron chi connectivity index (χ2n) is 18.2. The van der Waals surface area contributed by atoms with Crippen molar-refractivity contribution in [1.29, 1.82) is 0 Å². The van der Waals surface area contributed by atoms with Crippen LogP contribution < -0.4 is 9.47 Å². The van der Waals surface area contributed by atoms with E-state index >= 15 is 0 Å². The number of aromatic hydroxyl groups is 2. The first kappa shape index (κ1) is 48.9. The Balaban J connectivity index is 2.15. The third kappa shape index (κ3) is 21.5. The smallest absolute Gasteiger partial charge is 0.207 e. The molecule has 0 amide bonds. The lowest BCUT2D eigenvalue weighted by Gasteiger charge is -2.19. The third-order valence-corrected chi connectivity index (χ3v) is 12.1. The van der Waals surface area contributed by atoms with Crippen LogP contribution in [0.5, 0.6) is 23.0 Å². The fourth-order valence-corrected chi connectivity index (χ4v) is 8.04. The first-order valence-corrected chi connectivity index (χ1v) is 22.2. The van der Waals surface area contributed by atoms with Gasteiger partial charge in [-0.25, -0.2) is 0 Å². The molecule has 0 heterocycles. The summed E-state index contributed by atoms with van der Waals surface area (Å²) in [6.07, 6.45) is 31.8. The molecule has 0 aliphatic rings.